The fraction of sp³-hybridized carbons (Fsp3) is 0.333. The van der Waals surface area contributed by atoms with Crippen LogP contribution in [-0.2, 0) is 9.59 Å². The molecule has 0 fully saturated rings. The number of nitrogens with one attached hydrogen (secondary N) is 1. The second kappa shape index (κ2) is 6.98. The Morgan fingerprint density at radius 2 is 2.11 bits per heavy atom. The number of anilines is 1. The normalized spacial score (nSPS) is 11.7. The van der Waals surface area contributed by atoms with Crippen molar-refractivity contribution in [1.82, 2.24) is 0 Å². The number of hydrogen-bond donors (Lipinski definition) is 3. The third-order valence-electron chi connectivity index (χ3n) is 2.47. The van der Waals surface area contributed by atoms with Crippen LogP contribution in [-0.4, -0.2) is 35.8 Å². The van der Waals surface area contributed by atoms with Crippen molar-refractivity contribution in [3.63, 3.8) is 0 Å². The first-order chi connectivity index (χ1) is 8.93. The van der Waals surface area contributed by atoms with E-state index in [1.54, 1.807) is 18.2 Å². The molecule has 1 atom stereocenters. The number of hydrogen-bond acceptors (Lipinski definition) is 4. The molecule has 1 aromatic rings. The van der Waals surface area contributed by atoms with Crippen LogP contribution in [0.5, 0.6) is 5.75 Å². The number of aliphatic carboxylic acids is 2. The minimum Gasteiger partial charge on any atom is -0.495 e. The van der Waals surface area contributed by atoms with Crippen LogP contribution >= 0.6 is 15.9 Å². The van der Waals surface area contributed by atoms with Gasteiger partial charge in [0.05, 0.1) is 25.1 Å². The lowest BCUT2D eigenvalue weighted by Crippen LogP contribution is -2.25. The number of carboxylic acids is 2. The highest BCUT2D eigenvalue weighted by Gasteiger charge is 2.21. The first-order valence-corrected chi connectivity index (χ1v) is 6.25. The number of carboxylic acid groups (broad SMARTS) is 2. The predicted molar refractivity (Wildman–Crippen MR) is 72.6 cm³/mol. The van der Waals surface area contributed by atoms with Crippen molar-refractivity contribution < 1.29 is 24.5 Å². The maximum absolute atomic E-state index is 10.9. The fourth-order valence-electron chi connectivity index (χ4n) is 1.51. The van der Waals surface area contributed by atoms with E-state index in [4.69, 9.17) is 14.9 Å². The molecule has 3 N–H and O–H groups in total. The zero-order chi connectivity index (χ0) is 14.4. The summed E-state index contributed by atoms with van der Waals surface area (Å²) in [4.78, 5) is 21.5. The smallest absolute Gasteiger partial charge is 0.308 e. The molecule has 0 saturated carbocycles. The molecule has 1 unspecified atom stereocenters. The molecule has 1 rings (SSSR count). The summed E-state index contributed by atoms with van der Waals surface area (Å²) in [6.07, 6.45) is -0.432. The van der Waals surface area contributed by atoms with Gasteiger partial charge >= 0.3 is 11.9 Å². The zero-order valence-electron chi connectivity index (χ0n) is 10.2. The summed E-state index contributed by atoms with van der Waals surface area (Å²) in [5.41, 5.74) is 0.605. The molecule has 0 aliphatic rings. The maximum Gasteiger partial charge on any atom is 0.308 e. The van der Waals surface area contributed by atoms with Crippen molar-refractivity contribution in [2.75, 3.05) is 19.0 Å². The molecular formula is C12H14BrNO5. The van der Waals surface area contributed by atoms with Gasteiger partial charge in [-0.2, -0.15) is 0 Å². The summed E-state index contributed by atoms with van der Waals surface area (Å²) >= 11 is 3.30. The van der Waals surface area contributed by atoms with Gasteiger partial charge in [-0.05, 0) is 18.2 Å². The van der Waals surface area contributed by atoms with Crippen LogP contribution in [0.4, 0.5) is 5.69 Å². The lowest BCUT2D eigenvalue weighted by atomic mass is 10.1. The van der Waals surface area contributed by atoms with Crippen LogP contribution in [0.15, 0.2) is 22.7 Å². The minimum atomic E-state index is -1.15. The topological polar surface area (TPSA) is 95.9 Å². The Labute approximate surface area is 118 Å². The number of methoxy groups -OCH3 is 1. The lowest BCUT2D eigenvalue weighted by molar-refractivity contribution is -0.147. The van der Waals surface area contributed by atoms with Gasteiger partial charge in [0.15, 0.2) is 0 Å². The molecule has 0 radical (unpaired) electrons. The predicted octanol–water partition coefficient (Wildman–Crippen LogP) is 2.05. The zero-order valence-corrected chi connectivity index (χ0v) is 11.8. The highest BCUT2D eigenvalue weighted by Crippen LogP contribution is 2.28. The summed E-state index contributed by atoms with van der Waals surface area (Å²) < 4.78 is 5.93. The average molecular weight is 332 g/mol. The monoisotopic (exact) mass is 331 g/mol. The number of rotatable bonds is 7. The van der Waals surface area contributed by atoms with Crippen molar-refractivity contribution >= 4 is 33.6 Å². The van der Waals surface area contributed by atoms with E-state index >= 15 is 0 Å². The van der Waals surface area contributed by atoms with E-state index in [1.165, 1.54) is 7.11 Å². The van der Waals surface area contributed by atoms with Gasteiger partial charge in [-0.3, -0.25) is 9.59 Å². The standard InChI is InChI=1S/C12H14BrNO5/c1-19-10-3-2-8(13)5-9(10)14-6-7(12(17)18)4-11(15)16/h2-3,5,7,14H,4,6H2,1H3,(H,15,16)(H,17,18). The molecule has 0 aromatic heterocycles. The highest BCUT2D eigenvalue weighted by molar-refractivity contribution is 9.10. The van der Waals surface area contributed by atoms with Gasteiger partial charge in [-0.25, -0.2) is 0 Å². The van der Waals surface area contributed by atoms with Crippen LogP contribution in [0.2, 0.25) is 0 Å². The third kappa shape index (κ3) is 4.78. The molecule has 0 bridgehead atoms. The summed E-state index contributed by atoms with van der Waals surface area (Å²) in [5, 5.41) is 20.5. The minimum absolute atomic E-state index is 0.00838. The summed E-state index contributed by atoms with van der Waals surface area (Å²) in [6, 6.07) is 5.24. The van der Waals surface area contributed by atoms with Gasteiger partial charge < -0.3 is 20.3 Å². The largest absolute Gasteiger partial charge is 0.495 e. The molecule has 0 heterocycles. The van der Waals surface area contributed by atoms with Crippen molar-refractivity contribution in [3.05, 3.63) is 22.7 Å². The van der Waals surface area contributed by atoms with Crippen LogP contribution in [0.3, 0.4) is 0 Å². The van der Waals surface area contributed by atoms with E-state index < -0.39 is 24.3 Å². The molecule has 0 amide bonds. The first-order valence-electron chi connectivity index (χ1n) is 5.46. The van der Waals surface area contributed by atoms with Crippen LogP contribution in [0.1, 0.15) is 6.42 Å². The fourth-order valence-corrected chi connectivity index (χ4v) is 1.87. The summed E-state index contributed by atoms with van der Waals surface area (Å²) in [6.45, 7) is 0.00838. The van der Waals surface area contributed by atoms with Gasteiger partial charge in [0, 0.05) is 11.0 Å². The molecule has 1 aromatic carbocycles. The number of ether oxygens (including phenoxy) is 1. The molecule has 19 heavy (non-hydrogen) atoms. The maximum atomic E-state index is 10.9. The van der Waals surface area contributed by atoms with Crippen LogP contribution < -0.4 is 10.1 Å². The first kappa shape index (κ1) is 15.3. The van der Waals surface area contributed by atoms with Gasteiger partial charge in [0.1, 0.15) is 5.75 Å². The molecule has 0 spiro atoms. The lowest BCUT2D eigenvalue weighted by Gasteiger charge is -2.15. The Morgan fingerprint density at radius 1 is 1.42 bits per heavy atom. The van der Waals surface area contributed by atoms with Gasteiger partial charge in [0.25, 0.3) is 0 Å². The number of carbonyl (C=O) groups is 2. The van der Waals surface area contributed by atoms with Crippen LogP contribution in [0.25, 0.3) is 0 Å². The average Bonchev–Trinajstić information content (AvgIpc) is 2.34. The Bertz CT molecular complexity index is 477. The Kier molecular flexibility index (Phi) is 5.62. The van der Waals surface area contributed by atoms with E-state index in [9.17, 15) is 9.59 Å². The SMILES string of the molecule is COc1ccc(Br)cc1NCC(CC(=O)O)C(=O)O. The molecule has 6 nitrogen and oxygen atoms in total. The Hall–Kier alpha value is -1.76. The van der Waals surface area contributed by atoms with E-state index in [1.807, 2.05) is 0 Å². The molecule has 0 saturated heterocycles. The van der Waals surface area contributed by atoms with E-state index in [0.717, 1.165) is 4.47 Å². The Morgan fingerprint density at radius 3 is 2.63 bits per heavy atom. The molecular weight excluding hydrogens is 318 g/mol. The number of halogens is 1. The van der Waals surface area contributed by atoms with Crippen LogP contribution in [0, 0.1) is 5.92 Å². The second-order valence-electron chi connectivity index (χ2n) is 3.86. The van der Waals surface area contributed by atoms with Gasteiger partial charge in [-0.15, -0.1) is 0 Å². The van der Waals surface area contributed by atoms with E-state index in [-0.39, 0.29) is 6.54 Å². The van der Waals surface area contributed by atoms with Gasteiger partial charge in [0.2, 0.25) is 0 Å². The van der Waals surface area contributed by atoms with Crippen molar-refractivity contribution in [2.24, 2.45) is 5.92 Å². The van der Waals surface area contributed by atoms with Gasteiger partial charge in [-0.1, -0.05) is 15.9 Å². The van der Waals surface area contributed by atoms with Crippen molar-refractivity contribution in [2.45, 2.75) is 6.42 Å². The van der Waals surface area contributed by atoms with E-state index in [0.29, 0.717) is 11.4 Å². The number of benzene rings is 1. The third-order valence-corrected chi connectivity index (χ3v) is 2.96. The quantitative estimate of drug-likeness (QED) is 0.707. The van der Waals surface area contributed by atoms with Crippen molar-refractivity contribution in [3.8, 4) is 5.75 Å². The summed E-state index contributed by atoms with van der Waals surface area (Å²) in [5.74, 6) is -2.73. The van der Waals surface area contributed by atoms with E-state index in [2.05, 4.69) is 21.2 Å². The molecule has 0 aliphatic heterocycles. The molecule has 0 aliphatic carbocycles. The highest BCUT2D eigenvalue weighted by atomic mass is 79.9. The molecule has 7 heteroatoms. The summed E-state index contributed by atoms with van der Waals surface area (Å²) in [7, 11) is 1.50. The Balaban J connectivity index is 2.76. The molecule has 104 valence electrons. The second-order valence-corrected chi connectivity index (χ2v) is 4.77. The van der Waals surface area contributed by atoms with Crippen molar-refractivity contribution in [1.29, 1.82) is 0 Å².